The first-order valence-electron chi connectivity index (χ1n) is 11.5. The first-order chi connectivity index (χ1) is 16.5. The molecule has 0 saturated heterocycles. The maximum absolute atomic E-state index is 13.1. The van der Waals surface area contributed by atoms with Crippen molar-refractivity contribution >= 4 is 33.9 Å². The molecular formula is C26H25ClN4O2S. The summed E-state index contributed by atoms with van der Waals surface area (Å²) < 4.78 is 12.9. The van der Waals surface area contributed by atoms with E-state index in [0.717, 1.165) is 42.5 Å². The number of nitrogens with zero attached hydrogens (tertiary/aromatic N) is 3. The second-order valence-corrected chi connectivity index (χ2v) is 10.9. The number of fused-ring (bicyclic) bond motifs is 1. The average molecular weight is 493 g/mol. The van der Waals surface area contributed by atoms with Crippen LogP contribution >= 0.6 is 11.6 Å². The molecule has 1 aromatic carbocycles. The molecular weight excluding hydrogens is 468 g/mol. The third kappa shape index (κ3) is 4.87. The van der Waals surface area contributed by atoms with Crippen LogP contribution in [0, 0.1) is 6.92 Å². The van der Waals surface area contributed by atoms with Crippen molar-refractivity contribution in [2.45, 2.75) is 50.0 Å². The zero-order chi connectivity index (χ0) is 23.7. The van der Waals surface area contributed by atoms with E-state index in [9.17, 15) is 9.35 Å². The normalized spacial score (nSPS) is 15.5. The molecule has 6 nitrogen and oxygen atoms in total. The quantitative estimate of drug-likeness (QED) is 0.289. The second kappa shape index (κ2) is 9.86. The smallest absolute Gasteiger partial charge is 0.209 e. The molecule has 8 heteroatoms. The average Bonchev–Trinajstić information content (AvgIpc) is 2.84. The van der Waals surface area contributed by atoms with Crippen molar-refractivity contribution in [3.8, 4) is 22.5 Å². The zero-order valence-corrected chi connectivity index (χ0v) is 20.5. The predicted octanol–water partition coefficient (Wildman–Crippen LogP) is 5.59. The Kier molecular flexibility index (Phi) is 6.68. The van der Waals surface area contributed by atoms with Crippen molar-refractivity contribution < 1.29 is 4.55 Å². The van der Waals surface area contributed by atoms with Crippen LogP contribution < -0.4 is 5.43 Å². The van der Waals surface area contributed by atoms with E-state index in [-0.39, 0.29) is 16.2 Å². The van der Waals surface area contributed by atoms with Crippen molar-refractivity contribution in [2.24, 2.45) is 0 Å². The van der Waals surface area contributed by atoms with Crippen molar-refractivity contribution in [1.82, 2.24) is 19.9 Å². The second-order valence-electron chi connectivity index (χ2n) is 8.75. The molecule has 3 heterocycles. The first-order valence-corrected chi connectivity index (χ1v) is 13.2. The van der Waals surface area contributed by atoms with Crippen LogP contribution in [0.15, 0.2) is 53.3 Å². The Bertz CT molecular complexity index is 1370. The van der Waals surface area contributed by atoms with Crippen molar-refractivity contribution in [3.05, 3.63) is 75.3 Å². The molecule has 3 aromatic heterocycles. The Morgan fingerprint density at radius 2 is 1.74 bits per heavy atom. The number of benzene rings is 1. The Balaban J connectivity index is 1.62. The lowest BCUT2D eigenvalue weighted by molar-refractivity contribution is 0.483. The fourth-order valence-electron chi connectivity index (χ4n) is 4.55. The minimum Gasteiger partial charge on any atom is -0.616 e. The Morgan fingerprint density at radius 1 is 1.00 bits per heavy atom. The summed E-state index contributed by atoms with van der Waals surface area (Å²) in [5, 5.41) is 0.548. The molecule has 1 aliphatic rings. The van der Waals surface area contributed by atoms with E-state index in [1.807, 2.05) is 43.3 Å². The molecule has 0 bridgehead atoms. The van der Waals surface area contributed by atoms with Crippen molar-refractivity contribution in [1.29, 1.82) is 0 Å². The predicted molar refractivity (Wildman–Crippen MR) is 137 cm³/mol. The number of nitrogens with one attached hydrogen (secondary N) is 1. The Morgan fingerprint density at radius 3 is 2.47 bits per heavy atom. The summed E-state index contributed by atoms with van der Waals surface area (Å²) in [6.07, 6.45) is 5.43. The monoisotopic (exact) mass is 492 g/mol. The van der Waals surface area contributed by atoms with Crippen LogP contribution in [-0.2, 0) is 16.9 Å². The minimum atomic E-state index is -1.03. The zero-order valence-electron chi connectivity index (χ0n) is 18.9. The van der Waals surface area contributed by atoms with Crippen molar-refractivity contribution in [2.75, 3.05) is 0 Å². The van der Waals surface area contributed by atoms with E-state index >= 15 is 0 Å². The highest BCUT2D eigenvalue weighted by molar-refractivity contribution is 7.91. The highest BCUT2D eigenvalue weighted by Gasteiger charge is 2.26. The van der Waals surface area contributed by atoms with Gasteiger partial charge in [0.25, 0.3) is 0 Å². The number of H-pyrrole nitrogens is 1. The number of rotatable bonds is 5. The van der Waals surface area contributed by atoms with E-state index in [1.54, 1.807) is 6.07 Å². The fourth-order valence-corrected chi connectivity index (χ4v) is 6.36. The molecule has 4 aromatic rings. The van der Waals surface area contributed by atoms with Crippen LogP contribution in [0.3, 0.4) is 0 Å². The number of aryl methyl sites for hydroxylation is 1. The summed E-state index contributed by atoms with van der Waals surface area (Å²) in [7, 11) is 0. The number of hydrogen-bond acceptors (Lipinski definition) is 5. The van der Waals surface area contributed by atoms with Crippen LogP contribution in [0.4, 0.5) is 0 Å². The Labute approximate surface area is 206 Å². The van der Waals surface area contributed by atoms with Gasteiger partial charge in [-0.25, -0.2) is 15.0 Å². The van der Waals surface area contributed by atoms with Gasteiger partial charge in [-0.15, -0.1) is 0 Å². The maximum Gasteiger partial charge on any atom is 0.209 e. The van der Waals surface area contributed by atoms with E-state index < -0.39 is 11.2 Å². The summed E-state index contributed by atoms with van der Waals surface area (Å²) in [6.45, 7) is 1.86. The van der Waals surface area contributed by atoms with Crippen LogP contribution in [0.1, 0.15) is 43.5 Å². The topological polar surface area (TPSA) is 94.6 Å². The van der Waals surface area contributed by atoms with Crippen LogP contribution in [0.2, 0.25) is 5.15 Å². The van der Waals surface area contributed by atoms with E-state index in [0.29, 0.717) is 33.6 Å². The molecule has 1 saturated carbocycles. The number of pyridine rings is 2. The van der Waals surface area contributed by atoms with Gasteiger partial charge in [0, 0.05) is 22.9 Å². The molecule has 0 radical (unpaired) electrons. The molecule has 174 valence electrons. The lowest BCUT2D eigenvalue weighted by Crippen LogP contribution is -2.26. The standard InChI is InChI=1S/C26H25ClN4O2S/c1-16-12-18(13-22(27)28-16)24-23(17-8-4-2-5-9-17)31-26-25(30-24)21(32)14-19(29-26)15-34(33)20-10-6-3-7-11-20/h2,4-5,8-9,12-14,20H,3,6-7,10-11,15H2,1H3,(H,29,31,32). The van der Waals surface area contributed by atoms with E-state index in [4.69, 9.17) is 21.6 Å². The first kappa shape index (κ1) is 23.0. The number of aromatic amines is 1. The van der Waals surface area contributed by atoms with Crippen molar-refractivity contribution in [3.63, 3.8) is 0 Å². The molecule has 0 aliphatic heterocycles. The van der Waals surface area contributed by atoms with Crippen LogP contribution in [0.25, 0.3) is 33.7 Å². The minimum absolute atomic E-state index is 0.195. The van der Waals surface area contributed by atoms with Gasteiger partial charge in [0.2, 0.25) is 5.43 Å². The largest absolute Gasteiger partial charge is 0.616 e. The molecule has 1 fully saturated rings. The van der Waals surface area contributed by atoms with E-state index in [1.165, 1.54) is 12.5 Å². The number of aromatic nitrogens is 4. The van der Waals surface area contributed by atoms with Gasteiger partial charge in [-0.05, 0) is 55.9 Å². The molecule has 1 atom stereocenters. The SMILES string of the molecule is Cc1cc(-c2nc3c(=O)cc(C[S+]([O-])C4CCCCC4)[nH]c3nc2-c2ccccc2)cc(Cl)n1. The summed E-state index contributed by atoms with van der Waals surface area (Å²) in [5.74, 6) is 0.319. The maximum atomic E-state index is 13.1. The van der Waals surface area contributed by atoms with E-state index in [2.05, 4.69) is 9.97 Å². The summed E-state index contributed by atoms with van der Waals surface area (Å²) >= 11 is 5.20. The fraction of sp³-hybridized carbons (Fsp3) is 0.308. The van der Waals surface area contributed by atoms with Gasteiger partial charge in [-0.3, -0.25) is 4.79 Å². The van der Waals surface area contributed by atoms with Gasteiger partial charge >= 0.3 is 0 Å². The number of hydrogen-bond donors (Lipinski definition) is 1. The van der Waals surface area contributed by atoms with Gasteiger partial charge in [-0.2, -0.15) is 0 Å². The lowest BCUT2D eigenvalue weighted by Gasteiger charge is -2.25. The van der Waals surface area contributed by atoms with Gasteiger partial charge in [0.05, 0.1) is 17.1 Å². The number of halogens is 1. The summed E-state index contributed by atoms with van der Waals surface area (Å²) in [4.78, 5) is 30.1. The lowest BCUT2D eigenvalue weighted by atomic mass is 10.0. The van der Waals surface area contributed by atoms with Gasteiger partial charge in [0.1, 0.15) is 16.2 Å². The molecule has 1 N–H and O–H groups in total. The van der Waals surface area contributed by atoms with Gasteiger partial charge in [-0.1, -0.05) is 48.4 Å². The summed E-state index contributed by atoms with van der Waals surface area (Å²) in [5.41, 5.74) is 4.58. The summed E-state index contributed by atoms with van der Waals surface area (Å²) in [6, 6.07) is 14.8. The molecule has 34 heavy (non-hydrogen) atoms. The highest BCUT2D eigenvalue weighted by Crippen LogP contribution is 2.32. The highest BCUT2D eigenvalue weighted by atomic mass is 35.5. The van der Waals surface area contributed by atoms with Gasteiger partial charge < -0.3 is 9.54 Å². The third-order valence-corrected chi connectivity index (χ3v) is 8.18. The van der Waals surface area contributed by atoms with Gasteiger partial charge in [0.15, 0.2) is 11.2 Å². The molecule has 5 rings (SSSR count). The molecule has 0 amide bonds. The Hall–Kier alpha value is -2.74. The molecule has 1 unspecified atom stereocenters. The molecule has 0 spiro atoms. The van der Waals surface area contributed by atoms with Crippen LogP contribution in [0.5, 0.6) is 0 Å². The third-order valence-electron chi connectivity index (χ3n) is 6.18. The molecule has 1 aliphatic carbocycles. The van der Waals surface area contributed by atoms with Crippen LogP contribution in [-0.4, -0.2) is 29.7 Å².